The second-order valence-electron chi connectivity index (χ2n) is 9.90. The fourth-order valence-electron chi connectivity index (χ4n) is 4.63. The largest absolute Gasteiger partial charge is 0.466 e. The number of carbonyl (C=O) groups is 3. The lowest BCUT2D eigenvalue weighted by Gasteiger charge is -2.31. The molecule has 2 aromatic carbocycles. The average Bonchev–Trinajstić information content (AvgIpc) is 3.00. The second kappa shape index (κ2) is 16.1. The van der Waals surface area contributed by atoms with Gasteiger partial charge in [0.1, 0.15) is 5.75 Å². The van der Waals surface area contributed by atoms with E-state index in [9.17, 15) is 14.4 Å². The molecule has 0 aliphatic carbocycles. The molecule has 2 N–H and O–H groups in total. The minimum absolute atomic E-state index is 0.00572. The Morgan fingerprint density at radius 2 is 1.74 bits per heavy atom. The Bertz CT molecular complexity index is 1360. The lowest BCUT2D eigenvalue weighted by Crippen LogP contribution is -2.35. The summed E-state index contributed by atoms with van der Waals surface area (Å²) in [5.74, 6) is -1.48. The van der Waals surface area contributed by atoms with E-state index in [0.717, 1.165) is 5.56 Å². The number of hydrogen-bond acceptors (Lipinski definition) is 9. The SMILES string of the molecule is CCOC(=O)C1=C(COCCNC(C)c2ccc(OC(=O)N(C)CC)cc2)NC(C)=C(C(=O)OC)C1c1ccccc1Cl. The van der Waals surface area contributed by atoms with Crippen molar-refractivity contribution in [3.63, 3.8) is 0 Å². The van der Waals surface area contributed by atoms with Gasteiger partial charge in [0.15, 0.2) is 0 Å². The van der Waals surface area contributed by atoms with Crippen LogP contribution in [0.5, 0.6) is 5.75 Å². The smallest absolute Gasteiger partial charge is 0.414 e. The lowest BCUT2D eigenvalue weighted by atomic mass is 9.80. The highest BCUT2D eigenvalue weighted by Gasteiger charge is 2.39. The van der Waals surface area contributed by atoms with Crippen LogP contribution in [-0.4, -0.2) is 70.0 Å². The molecule has 0 saturated carbocycles. The molecular formula is C32H40ClN3O7. The van der Waals surface area contributed by atoms with Gasteiger partial charge in [0.05, 0.1) is 49.7 Å². The summed E-state index contributed by atoms with van der Waals surface area (Å²) in [6, 6.07) is 14.4. The molecule has 0 aromatic heterocycles. The zero-order valence-electron chi connectivity index (χ0n) is 25.5. The highest BCUT2D eigenvalue weighted by Crippen LogP contribution is 2.41. The molecule has 0 bridgehead atoms. The Kier molecular flexibility index (Phi) is 12.6. The number of halogens is 1. The number of hydrogen-bond donors (Lipinski definition) is 2. The number of allylic oxidation sites excluding steroid dienone is 1. The average molecular weight is 614 g/mol. The normalized spacial score (nSPS) is 15.5. The third-order valence-corrected chi connectivity index (χ3v) is 7.42. The first-order valence-corrected chi connectivity index (χ1v) is 14.5. The van der Waals surface area contributed by atoms with Crippen molar-refractivity contribution < 1.29 is 33.3 Å². The number of carbonyl (C=O) groups excluding carboxylic acids is 3. The van der Waals surface area contributed by atoms with E-state index in [1.165, 1.54) is 12.0 Å². The van der Waals surface area contributed by atoms with E-state index >= 15 is 0 Å². The molecule has 11 heteroatoms. The maximum Gasteiger partial charge on any atom is 0.414 e. The van der Waals surface area contributed by atoms with Gasteiger partial charge >= 0.3 is 18.0 Å². The summed E-state index contributed by atoms with van der Waals surface area (Å²) < 4.78 is 21.8. The van der Waals surface area contributed by atoms with Crippen molar-refractivity contribution in [2.75, 3.05) is 47.1 Å². The monoisotopic (exact) mass is 613 g/mol. The van der Waals surface area contributed by atoms with Crippen molar-refractivity contribution in [3.8, 4) is 5.75 Å². The lowest BCUT2D eigenvalue weighted by molar-refractivity contribution is -0.139. The highest BCUT2D eigenvalue weighted by molar-refractivity contribution is 6.31. The van der Waals surface area contributed by atoms with E-state index in [1.54, 1.807) is 57.3 Å². The molecule has 0 radical (unpaired) electrons. The molecule has 3 rings (SSSR count). The predicted octanol–water partition coefficient (Wildman–Crippen LogP) is 5.11. The van der Waals surface area contributed by atoms with Gasteiger partial charge < -0.3 is 34.5 Å². The number of dihydropyridines is 1. The molecule has 1 heterocycles. The van der Waals surface area contributed by atoms with E-state index < -0.39 is 23.9 Å². The van der Waals surface area contributed by atoms with Gasteiger partial charge in [0.25, 0.3) is 0 Å². The summed E-state index contributed by atoms with van der Waals surface area (Å²) in [6.07, 6.45) is -0.405. The number of nitrogens with one attached hydrogen (secondary N) is 2. The quantitative estimate of drug-likeness (QED) is 0.235. The van der Waals surface area contributed by atoms with Crippen LogP contribution in [0.25, 0.3) is 0 Å². The Hall–Kier alpha value is -3.86. The fourth-order valence-corrected chi connectivity index (χ4v) is 4.88. The van der Waals surface area contributed by atoms with Gasteiger partial charge in [-0.1, -0.05) is 41.9 Å². The molecule has 2 unspecified atom stereocenters. The summed E-state index contributed by atoms with van der Waals surface area (Å²) in [4.78, 5) is 39.6. The summed E-state index contributed by atoms with van der Waals surface area (Å²) in [5, 5.41) is 6.98. The molecule has 1 aliphatic heterocycles. The van der Waals surface area contributed by atoms with Crippen molar-refractivity contribution in [3.05, 3.63) is 87.2 Å². The molecule has 2 aromatic rings. The number of rotatable bonds is 13. The van der Waals surface area contributed by atoms with E-state index in [0.29, 0.717) is 47.4 Å². The number of ether oxygens (including phenoxy) is 4. The predicted molar refractivity (Wildman–Crippen MR) is 164 cm³/mol. The van der Waals surface area contributed by atoms with Crippen LogP contribution in [0, 0.1) is 0 Å². The van der Waals surface area contributed by atoms with Gasteiger partial charge in [0, 0.05) is 36.9 Å². The zero-order chi connectivity index (χ0) is 31.5. The maximum atomic E-state index is 13.3. The topological polar surface area (TPSA) is 115 Å². The van der Waals surface area contributed by atoms with Gasteiger partial charge in [-0.15, -0.1) is 0 Å². The van der Waals surface area contributed by atoms with Gasteiger partial charge in [-0.2, -0.15) is 0 Å². The van der Waals surface area contributed by atoms with Gasteiger partial charge in [-0.3, -0.25) is 0 Å². The summed E-state index contributed by atoms with van der Waals surface area (Å²) in [5.41, 5.74) is 3.14. The highest BCUT2D eigenvalue weighted by atomic mass is 35.5. The number of nitrogens with zero attached hydrogens (tertiary/aromatic N) is 1. The first-order valence-electron chi connectivity index (χ1n) is 14.2. The minimum Gasteiger partial charge on any atom is -0.466 e. The summed E-state index contributed by atoms with van der Waals surface area (Å²) in [6.45, 7) is 9.01. The first kappa shape index (κ1) is 33.6. The van der Waals surface area contributed by atoms with E-state index in [1.807, 2.05) is 26.0 Å². The third-order valence-electron chi connectivity index (χ3n) is 7.08. The molecular weight excluding hydrogens is 574 g/mol. The molecule has 1 aliphatic rings. The number of benzene rings is 2. The maximum absolute atomic E-state index is 13.3. The van der Waals surface area contributed by atoms with Crippen LogP contribution in [0.1, 0.15) is 50.8 Å². The van der Waals surface area contributed by atoms with Crippen LogP contribution in [0.3, 0.4) is 0 Å². The van der Waals surface area contributed by atoms with Crippen molar-refractivity contribution in [2.45, 2.75) is 39.7 Å². The number of esters is 2. The summed E-state index contributed by atoms with van der Waals surface area (Å²) >= 11 is 6.56. The van der Waals surface area contributed by atoms with Crippen molar-refractivity contribution in [1.82, 2.24) is 15.5 Å². The van der Waals surface area contributed by atoms with Gasteiger partial charge in [-0.05, 0) is 57.0 Å². The Morgan fingerprint density at radius 1 is 1.05 bits per heavy atom. The van der Waals surface area contributed by atoms with Crippen LogP contribution in [0.2, 0.25) is 5.02 Å². The molecule has 0 spiro atoms. The third kappa shape index (κ3) is 8.59. The van der Waals surface area contributed by atoms with Crippen molar-refractivity contribution >= 4 is 29.6 Å². The Balaban J connectivity index is 1.70. The molecule has 10 nitrogen and oxygen atoms in total. The zero-order valence-corrected chi connectivity index (χ0v) is 26.2. The Labute approximate surface area is 258 Å². The van der Waals surface area contributed by atoms with Crippen molar-refractivity contribution in [2.24, 2.45) is 0 Å². The van der Waals surface area contributed by atoms with Crippen LogP contribution < -0.4 is 15.4 Å². The van der Waals surface area contributed by atoms with Gasteiger partial charge in [-0.25, -0.2) is 14.4 Å². The Morgan fingerprint density at radius 3 is 2.37 bits per heavy atom. The van der Waals surface area contributed by atoms with E-state index in [-0.39, 0.29) is 30.4 Å². The molecule has 0 saturated heterocycles. The minimum atomic E-state index is -0.803. The first-order chi connectivity index (χ1) is 20.6. The molecule has 1 amide bonds. The molecule has 232 valence electrons. The van der Waals surface area contributed by atoms with Crippen LogP contribution >= 0.6 is 11.6 Å². The van der Waals surface area contributed by atoms with Gasteiger partial charge in [0.2, 0.25) is 0 Å². The number of methoxy groups -OCH3 is 1. The molecule has 0 fully saturated rings. The fraction of sp³-hybridized carbons (Fsp3) is 0.406. The van der Waals surface area contributed by atoms with E-state index in [2.05, 4.69) is 10.6 Å². The van der Waals surface area contributed by atoms with Crippen LogP contribution in [-0.2, 0) is 23.8 Å². The van der Waals surface area contributed by atoms with Crippen LogP contribution in [0.4, 0.5) is 4.79 Å². The summed E-state index contributed by atoms with van der Waals surface area (Å²) in [7, 11) is 2.97. The van der Waals surface area contributed by atoms with E-state index in [4.69, 9.17) is 30.5 Å². The molecule has 43 heavy (non-hydrogen) atoms. The number of amides is 1. The standard InChI is InChI=1S/C32H40ClN3O7/c1-7-36(5)32(39)43-23-15-13-22(14-16-23)20(3)34-17-18-41-19-26-29(31(38)42-8-2)28(24-11-9-10-12-25(24)33)27(21(4)35-26)30(37)40-6/h9-16,20,28,34-35H,7-8,17-19H2,1-6H3. The van der Waals surface area contributed by atoms with Crippen molar-refractivity contribution in [1.29, 1.82) is 0 Å². The van der Waals surface area contributed by atoms with Crippen LogP contribution in [0.15, 0.2) is 71.1 Å². The molecule has 2 atom stereocenters. The second-order valence-corrected chi connectivity index (χ2v) is 10.3.